The Bertz CT molecular complexity index is 715. The zero-order valence-corrected chi connectivity index (χ0v) is 9.34. The normalized spacial score (nSPS) is 19.2. The monoisotopic (exact) mass is 236 g/mol. The highest BCUT2D eigenvalue weighted by molar-refractivity contribution is 6.10. The molecule has 4 rings (SSSR count). The zero-order chi connectivity index (χ0) is 12.3. The fourth-order valence-electron chi connectivity index (χ4n) is 2.89. The Morgan fingerprint density at radius 1 is 0.833 bits per heavy atom. The second kappa shape index (κ2) is 3.07. The van der Waals surface area contributed by atoms with Crippen molar-refractivity contribution in [1.29, 1.82) is 0 Å². The van der Waals surface area contributed by atoms with Crippen LogP contribution in [0.25, 0.3) is 11.1 Å². The van der Waals surface area contributed by atoms with Crippen molar-refractivity contribution in [3.8, 4) is 11.1 Å². The van der Waals surface area contributed by atoms with Crippen LogP contribution >= 0.6 is 0 Å². The Hall–Kier alpha value is -2.42. The molecule has 0 radical (unpaired) electrons. The van der Waals surface area contributed by atoms with E-state index in [1.807, 2.05) is 36.4 Å². The topological polar surface area (TPSA) is 43.4 Å². The molecule has 2 aromatic carbocycles. The van der Waals surface area contributed by atoms with Gasteiger partial charge in [0.1, 0.15) is 5.92 Å². The first-order chi connectivity index (χ1) is 8.77. The Labute approximate surface area is 103 Å². The molecule has 3 nitrogen and oxygen atoms in total. The van der Waals surface area contributed by atoms with E-state index in [4.69, 9.17) is 4.74 Å². The van der Waals surface area contributed by atoms with Crippen molar-refractivity contribution in [3.63, 3.8) is 0 Å². The summed E-state index contributed by atoms with van der Waals surface area (Å²) in [6, 6.07) is 13.2. The van der Waals surface area contributed by atoms with Gasteiger partial charge >= 0.3 is 11.9 Å². The molecule has 0 aromatic heterocycles. The summed E-state index contributed by atoms with van der Waals surface area (Å²) >= 11 is 0. The molecular weight excluding hydrogens is 228 g/mol. The zero-order valence-electron chi connectivity index (χ0n) is 9.34. The van der Waals surface area contributed by atoms with Crippen LogP contribution in [-0.4, -0.2) is 11.9 Å². The third-order valence-corrected chi connectivity index (χ3v) is 3.61. The Morgan fingerprint density at radius 2 is 1.56 bits per heavy atom. The molecule has 0 amide bonds. The Balaban J connectivity index is 2.15. The molecule has 1 unspecified atom stereocenters. The van der Waals surface area contributed by atoms with Crippen LogP contribution in [0.1, 0.15) is 27.4 Å². The number of ether oxygens (including phenoxy) is 1. The number of esters is 2. The summed E-state index contributed by atoms with van der Waals surface area (Å²) in [6.07, 6.45) is 0. The average Bonchev–Trinajstić information content (AvgIpc) is 2.72. The first-order valence-corrected chi connectivity index (χ1v) is 5.75. The van der Waals surface area contributed by atoms with Crippen LogP contribution in [0.4, 0.5) is 0 Å². The molecule has 1 aliphatic carbocycles. The highest BCUT2D eigenvalue weighted by Crippen LogP contribution is 2.48. The van der Waals surface area contributed by atoms with E-state index in [0.29, 0.717) is 5.56 Å². The molecule has 1 atom stereocenters. The van der Waals surface area contributed by atoms with Crippen LogP contribution in [0.15, 0.2) is 42.5 Å². The molecule has 0 saturated heterocycles. The maximum atomic E-state index is 12.0. The van der Waals surface area contributed by atoms with Gasteiger partial charge in [0.25, 0.3) is 0 Å². The van der Waals surface area contributed by atoms with E-state index in [1.54, 1.807) is 6.07 Å². The minimum Gasteiger partial charge on any atom is -0.389 e. The fourth-order valence-corrected chi connectivity index (χ4v) is 2.89. The number of rotatable bonds is 0. The van der Waals surface area contributed by atoms with Crippen LogP contribution < -0.4 is 0 Å². The van der Waals surface area contributed by atoms with E-state index < -0.39 is 17.9 Å². The summed E-state index contributed by atoms with van der Waals surface area (Å²) in [5.74, 6) is -1.45. The summed E-state index contributed by atoms with van der Waals surface area (Å²) in [7, 11) is 0. The minimum absolute atomic E-state index is 0.440. The van der Waals surface area contributed by atoms with Gasteiger partial charge in [0.15, 0.2) is 0 Å². The quantitative estimate of drug-likeness (QED) is 0.521. The molecular formula is C15H8O3. The predicted molar refractivity (Wildman–Crippen MR) is 64.1 cm³/mol. The van der Waals surface area contributed by atoms with Gasteiger partial charge in [-0.05, 0) is 28.3 Å². The lowest BCUT2D eigenvalue weighted by atomic mass is 9.91. The maximum Gasteiger partial charge on any atom is 0.346 e. The van der Waals surface area contributed by atoms with Gasteiger partial charge in [-0.15, -0.1) is 0 Å². The number of hydrogen-bond donors (Lipinski definition) is 0. The van der Waals surface area contributed by atoms with Gasteiger partial charge < -0.3 is 4.74 Å². The molecule has 1 heterocycles. The highest BCUT2D eigenvalue weighted by Gasteiger charge is 2.42. The van der Waals surface area contributed by atoms with E-state index >= 15 is 0 Å². The lowest BCUT2D eigenvalue weighted by Gasteiger charge is -2.19. The molecule has 2 aromatic rings. The van der Waals surface area contributed by atoms with Crippen LogP contribution in [0.5, 0.6) is 0 Å². The molecule has 2 aliphatic rings. The van der Waals surface area contributed by atoms with Gasteiger partial charge in [-0.2, -0.15) is 0 Å². The number of carbonyl (C=O) groups excluding carboxylic acids is 2. The lowest BCUT2D eigenvalue weighted by Crippen LogP contribution is -2.26. The third kappa shape index (κ3) is 0.991. The second-order valence-electron chi connectivity index (χ2n) is 4.50. The SMILES string of the molecule is O=C1OC(=O)C2c3ccccc3-c3cccc1c32. The molecule has 1 aliphatic heterocycles. The number of fused-ring (bicyclic) bond motifs is 3. The van der Waals surface area contributed by atoms with Crippen molar-refractivity contribution in [3.05, 3.63) is 59.2 Å². The summed E-state index contributed by atoms with van der Waals surface area (Å²) in [4.78, 5) is 23.7. The number of cyclic esters (lactones) is 2. The van der Waals surface area contributed by atoms with Gasteiger partial charge in [0, 0.05) is 0 Å². The molecule has 0 bridgehead atoms. The van der Waals surface area contributed by atoms with Crippen molar-refractivity contribution in [1.82, 2.24) is 0 Å². The number of hydrogen-bond acceptors (Lipinski definition) is 3. The molecule has 3 heteroatoms. The minimum atomic E-state index is -0.541. The van der Waals surface area contributed by atoms with Crippen molar-refractivity contribution in [2.45, 2.75) is 5.92 Å². The summed E-state index contributed by atoms with van der Waals surface area (Å²) in [5.41, 5.74) is 4.23. The van der Waals surface area contributed by atoms with Crippen LogP contribution in [0, 0.1) is 0 Å². The summed E-state index contributed by atoms with van der Waals surface area (Å²) in [6.45, 7) is 0. The first kappa shape index (κ1) is 9.59. The van der Waals surface area contributed by atoms with Gasteiger partial charge in [0.05, 0.1) is 5.56 Å². The van der Waals surface area contributed by atoms with Gasteiger partial charge in [-0.3, -0.25) is 4.79 Å². The molecule has 0 N–H and O–H groups in total. The molecule has 0 spiro atoms. The first-order valence-electron chi connectivity index (χ1n) is 5.75. The number of carbonyl (C=O) groups is 2. The average molecular weight is 236 g/mol. The van der Waals surface area contributed by atoms with Crippen molar-refractivity contribution >= 4 is 11.9 Å². The second-order valence-corrected chi connectivity index (χ2v) is 4.50. The lowest BCUT2D eigenvalue weighted by molar-refractivity contribution is -0.139. The smallest absolute Gasteiger partial charge is 0.346 e. The maximum absolute atomic E-state index is 12.0. The number of benzene rings is 2. The van der Waals surface area contributed by atoms with Crippen LogP contribution in [0.2, 0.25) is 0 Å². The van der Waals surface area contributed by atoms with Gasteiger partial charge in [0.2, 0.25) is 0 Å². The van der Waals surface area contributed by atoms with Gasteiger partial charge in [-0.25, -0.2) is 4.79 Å². The molecule has 86 valence electrons. The Kier molecular flexibility index (Phi) is 1.64. The van der Waals surface area contributed by atoms with Gasteiger partial charge in [-0.1, -0.05) is 36.4 Å². The van der Waals surface area contributed by atoms with E-state index in [0.717, 1.165) is 22.3 Å². The van der Waals surface area contributed by atoms with E-state index in [1.165, 1.54) is 0 Å². The largest absolute Gasteiger partial charge is 0.389 e. The van der Waals surface area contributed by atoms with Crippen LogP contribution in [0.3, 0.4) is 0 Å². The molecule has 0 saturated carbocycles. The van der Waals surface area contributed by atoms with Crippen molar-refractivity contribution in [2.24, 2.45) is 0 Å². The van der Waals surface area contributed by atoms with Crippen LogP contribution in [-0.2, 0) is 9.53 Å². The van der Waals surface area contributed by atoms with E-state index in [9.17, 15) is 9.59 Å². The Morgan fingerprint density at radius 3 is 2.44 bits per heavy atom. The summed E-state index contributed by atoms with van der Waals surface area (Å²) < 4.78 is 4.83. The van der Waals surface area contributed by atoms with E-state index in [-0.39, 0.29) is 0 Å². The standard InChI is InChI=1S/C15H8O3/c16-14-11-7-3-6-9-8-4-1-2-5-10(8)13(12(9)11)15(17)18-14/h1-7,13H. The predicted octanol–water partition coefficient (Wildman–Crippen LogP) is 2.50. The molecule has 0 fully saturated rings. The highest BCUT2D eigenvalue weighted by atomic mass is 16.6. The summed E-state index contributed by atoms with van der Waals surface area (Å²) in [5, 5.41) is 0. The van der Waals surface area contributed by atoms with Crippen molar-refractivity contribution < 1.29 is 14.3 Å². The van der Waals surface area contributed by atoms with Crippen molar-refractivity contribution in [2.75, 3.05) is 0 Å². The van der Waals surface area contributed by atoms with E-state index in [2.05, 4.69) is 0 Å². The molecule has 18 heavy (non-hydrogen) atoms. The third-order valence-electron chi connectivity index (χ3n) is 3.61. The fraction of sp³-hybridized carbons (Fsp3) is 0.0667.